The van der Waals surface area contributed by atoms with Gasteiger partial charge >= 0.3 is 0 Å². The monoisotopic (exact) mass is 264 g/mol. The van der Waals surface area contributed by atoms with E-state index in [1.807, 2.05) is 0 Å². The average molecular weight is 264 g/mol. The first-order valence-electron chi connectivity index (χ1n) is 5.37. The first-order chi connectivity index (χ1) is 8.17. The van der Waals surface area contributed by atoms with Crippen LogP contribution >= 0.6 is 0 Å². The number of aliphatic hydroxyl groups is 4. The Kier molecular flexibility index (Phi) is 19.6. The zero-order chi connectivity index (χ0) is 15.1. The highest BCUT2D eigenvalue weighted by Gasteiger charge is 1.97. The Bertz CT molecular complexity index is 205. The van der Waals surface area contributed by atoms with Gasteiger partial charge in [0.1, 0.15) is 11.6 Å². The summed E-state index contributed by atoms with van der Waals surface area (Å²) in [5.41, 5.74) is 0. The molecule has 2 atom stereocenters. The number of ketones is 2. The minimum Gasteiger partial charge on any atom is -0.393 e. The number of hydrogen-bond acceptors (Lipinski definition) is 6. The molecule has 0 spiro atoms. The van der Waals surface area contributed by atoms with Crippen molar-refractivity contribution in [3.05, 3.63) is 12.2 Å². The topological polar surface area (TPSA) is 115 Å². The molecule has 0 radical (unpaired) electrons. The van der Waals surface area contributed by atoms with Gasteiger partial charge in [0.15, 0.2) is 0 Å². The van der Waals surface area contributed by atoms with Crippen molar-refractivity contribution in [2.45, 2.75) is 39.9 Å². The molecule has 0 heterocycles. The Hall–Kier alpha value is -1.08. The van der Waals surface area contributed by atoms with Crippen LogP contribution in [0.2, 0.25) is 0 Å². The van der Waals surface area contributed by atoms with Gasteiger partial charge in [0.05, 0.1) is 25.4 Å². The van der Waals surface area contributed by atoms with E-state index < -0.39 is 12.2 Å². The SMILES string of the molecule is CC(C)=O.CC(C)=O.OC[C@H](O)C=C[C@@H](O)CO. The lowest BCUT2D eigenvalue weighted by atomic mass is 10.3. The van der Waals surface area contributed by atoms with Crippen LogP contribution in [0.3, 0.4) is 0 Å². The molecule has 0 aliphatic carbocycles. The van der Waals surface area contributed by atoms with Crippen molar-refractivity contribution >= 4 is 11.6 Å². The number of hydrogen-bond donors (Lipinski definition) is 4. The van der Waals surface area contributed by atoms with Crippen LogP contribution in [0.1, 0.15) is 27.7 Å². The summed E-state index contributed by atoms with van der Waals surface area (Å²) < 4.78 is 0. The number of rotatable bonds is 4. The Morgan fingerprint density at radius 2 is 1.00 bits per heavy atom. The van der Waals surface area contributed by atoms with Gasteiger partial charge in [0.2, 0.25) is 0 Å². The summed E-state index contributed by atoms with van der Waals surface area (Å²) in [4.78, 5) is 18.9. The second-order valence-corrected chi connectivity index (χ2v) is 3.70. The van der Waals surface area contributed by atoms with E-state index in [2.05, 4.69) is 0 Å². The molecule has 0 bridgehead atoms. The maximum absolute atomic E-state index is 9.44. The number of aliphatic hydroxyl groups excluding tert-OH is 4. The first-order valence-corrected chi connectivity index (χ1v) is 5.37. The van der Waals surface area contributed by atoms with Crippen molar-refractivity contribution in [3.8, 4) is 0 Å². The molecule has 0 aliphatic heterocycles. The van der Waals surface area contributed by atoms with E-state index in [0.717, 1.165) is 0 Å². The van der Waals surface area contributed by atoms with Gasteiger partial charge in [-0.2, -0.15) is 0 Å². The van der Waals surface area contributed by atoms with Crippen molar-refractivity contribution in [2.24, 2.45) is 0 Å². The Labute approximate surface area is 108 Å². The predicted molar refractivity (Wildman–Crippen MR) is 68.0 cm³/mol. The number of Topliss-reactive ketones (excluding diaryl/α,β-unsaturated/α-hetero) is 2. The third-order valence-corrected chi connectivity index (χ3v) is 0.930. The summed E-state index contributed by atoms with van der Waals surface area (Å²) in [6.45, 7) is 5.35. The molecule has 0 fully saturated rings. The minimum absolute atomic E-state index is 0.167. The van der Waals surface area contributed by atoms with E-state index in [4.69, 9.17) is 20.4 Å². The predicted octanol–water partition coefficient (Wildman–Crippen LogP) is -0.560. The number of carbonyl (C=O) groups is 2. The van der Waals surface area contributed by atoms with E-state index in [1.54, 1.807) is 0 Å². The Morgan fingerprint density at radius 1 is 0.833 bits per heavy atom. The van der Waals surface area contributed by atoms with Crippen molar-refractivity contribution in [1.82, 2.24) is 0 Å². The second kappa shape index (κ2) is 15.9. The van der Waals surface area contributed by atoms with Gasteiger partial charge in [-0.05, 0) is 27.7 Å². The standard InChI is InChI=1S/C6H12O4.2C3H6O/c7-3-5(9)1-2-6(10)4-8;2*1-3(2)4/h1-2,5-10H,3-4H2;2*1-2H3/t5-,6-;;/m1../s1. The number of carbonyl (C=O) groups excluding carboxylic acids is 2. The lowest BCUT2D eigenvalue weighted by Gasteiger charge is -2.01. The van der Waals surface area contributed by atoms with Gasteiger partial charge in [0, 0.05) is 0 Å². The lowest BCUT2D eigenvalue weighted by Crippen LogP contribution is -2.12. The van der Waals surface area contributed by atoms with Gasteiger partial charge in [-0.25, -0.2) is 0 Å². The fourth-order valence-electron chi connectivity index (χ4n) is 0.378. The van der Waals surface area contributed by atoms with Crippen LogP contribution in [0, 0.1) is 0 Å². The molecule has 18 heavy (non-hydrogen) atoms. The van der Waals surface area contributed by atoms with Crippen molar-refractivity contribution in [3.63, 3.8) is 0 Å². The zero-order valence-corrected chi connectivity index (χ0v) is 11.3. The third-order valence-electron chi connectivity index (χ3n) is 0.930. The Balaban J connectivity index is -0.000000233. The van der Waals surface area contributed by atoms with Crippen LogP contribution in [0.4, 0.5) is 0 Å². The molecule has 0 saturated heterocycles. The van der Waals surface area contributed by atoms with E-state index in [1.165, 1.54) is 39.8 Å². The molecule has 0 amide bonds. The molecule has 0 rings (SSSR count). The molecular weight excluding hydrogens is 240 g/mol. The third kappa shape index (κ3) is 46.1. The van der Waals surface area contributed by atoms with Crippen molar-refractivity contribution in [2.75, 3.05) is 13.2 Å². The van der Waals surface area contributed by atoms with E-state index in [-0.39, 0.29) is 24.8 Å². The molecule has 4 N–H and O–H groups in total. The summed E-state index contributed by atoms with van der Waals surface area (Å²) in [5.74, 6) is 0.333. The van der Waals surface area contributed by atoms with Crippen LogP contribution in [0.5, 0.6) is 0 Å². The summed E-state index contributed by atoms with van der Waals surface area (Å²) >= 11 is 0. The second-order valence-electron chi connectivity index (χ2n) is 3.70. The van der Waals surface area contributed by atoms with Crippen LogP contribution in [0.15, 0.2) is 12.2 Å². The molecule has 0 aromatic heterocycles. The van der Waals surface area contributed by atoms with E-state index in [0.29, 0.717) is 0 Å². The molecule has 0 unspecified atom stereocenters. The van der Waals surface area contributed by atoms with Crippen LogP contribution < -0.4 is 0 Å². The van der Waals surface area contributed by atoms with E-state index >= 15 is 0 Å². The summed E-state index contributed by atoms with van der Waals surface area (Å²) in [7, 11) is 0. The molecular formula is C12H24O6. The molecule has 0 aromatic carbocycles. The maximum atomic E-state index is 9.44. The largest absolute Gasteiger partial charge is 0.393 e. The van der Waals surface area contributed by atoms with Crippen molar-refractivity contribution < 1.29 is 30.0 Å². The lowest BCUT2D eigenvalue weighted by molar-refractivity contribution is -0.115. The summed E-state index contributed by atoms with van der Waals surface area (Å²) in [6.07, 6.45) is 0.532. The molecule has 0 aliphatic rings. The maximum Gasteiger partial charge on any atom is 0.126 e. The van der Waals surface area contributed by atoms with Crippen molar-refractivity contribution in [1.29, 1.82) is 0 Å². The fourth-order valence-corrected chi connectivity index (χ4v) is 0.378. The quantitative estimate of drug-likeness (QED) is 0.506. The molecule has 0 aromatic rings. The molecule has 108 valence electrons. The van der Waals surface area contributed by atoms with Gasteiger partial charge in [-0.3, -0.25) is 0 Å². The minimum atomic E-state index is -0.957. The van der Waals surface area contributed by atoms with E-state index in [9.17, 15) is 9.59 Å². The molecule has 0 saturated carbocycles. The highest BCUT2D eigenvalue weighted by Crippen LogP contribution is 1.88. The average Bonchev–Trinajstić information content (AvgIpc) is 2.23. The van der Waals surface area contributed by atoms with Gasteiger partial charge in [-0.1, -0.05) is 12.2 Å². The smallest absolute Gasteiger partial charge is 0.126 e. The van der Waals surface area contributed by atoms with Crippen LogP contribution in [-0.4, -0.2) is 57.4 Å². The molecule has 6 heteroatoms. The summed E-state index contributed by atoms with van der Waals surface area (Å²) in [5, 5.41) is 33.9. The fraction of sp³-hybridized carbons (Fsp3) is 0.667. The first kappa shape index (κ1) is 22.1. The highest BCUT2D eigenvalue weighted by atomic mass is 16.3. The highest BCUT2D eigenvalue weighted by molar-refractivity contribution is 5.72. The molecule has 6 nitrogen and oxygen atoms in total. The van der Waals surface area contributed by atoms with Crippen LogP contribution in [-0.2, 0) is 9.59 Å². The Morgan fingerprint density at radius 3 is 1.11 bits per heavy atom. The van der Waals surface area contributed by atoms with Crippen LogP contribution in [0.25, 0.3) is 0 Å². The normalized spacial score (nSPS) is 12.7. The van der Waals surface area contributed by atoms with Gasteiger partial charge in [0.25, 0.3) is 0 Å². The zero-order valence-electron chi connectivity index (χ0n) is 11.3. The summed E-state index contributed by atoms with van der Waals surface area (Å²) in [6, 6.07) is 0. The van der Waals surface area contributed by atoms with Gasteiger partial charge < -0.3 is 30.0 Å². The van der Waals surface area contributed by atoms with Gasteiger partial charge in [-0.15, -0.1) is 0 Å².